The Morgan fingerprint density at radius 1 is 1.67 bits per heavy atom. The second-order valence-corrected chi connectivity index (χ2v) is 3.72. The van der Waals surface area contributed by atoms with Gasteiger partial charge in [-0.2, -0.15) is 0 Å². The molecule has 12 heavy (non-hydrogen) atoms. The highest BCUT2D eigenvalue weighted by molar-refractivity contribution is 5.81. The quantitative estimate of drug-likeness (QED) is 0.512. The highest BCUT2D eigenvalue weighted by Gasteiger charge is 2.22. The molecule has 3 heteroatoms. The average Bonchev–Trinajstić information content (AvgIpc) is 1.97. The first-order chi connectivity index (χ1) is 5.38. The highest BCUT2D eigenvalue weighted by atomic mass is 16.5. The molecule has 0 spiro atoms. The summed E-state index contributed by atoms with van der Waals surface area (Å²) in [5.74, 6) is -0.502. The fraction of sp³-hybridized carbons (Fsp3) is 0.667. The summed E-state index contributed by atoms with van der Waals surface area (Å²) in [5.41, 5.74) is -0.262. The Kier molecular flexibility index (Phi) is 3.96. The number of aliphatic hydroxyl groups is 1. The molecule has 0 heterocycles. The van der Waals surface area contributed by atoms with Crippen LogP contribution in [-0.4, -0.2) is 23.8 Å². The van der Waals surface area contributed by atoms with E-state index in [9.17, 15) is 9.90 Å². The molecule has 0 aromatic carbocycles. The number of ether oxygens (including phenoxy) is 1. The van der Waals surface area contributed by atoms with E-state index in [0.717, 1.165) is 6.08 Å². The Balaban J connectivity index is 3.79. The number of rotatable bonds is 3. The van der Waals surface area contributed by atoms with Gasteiger partial charge in [0.15, 0.2) is 0 Å². The van der Waals surface area contributed by atoms with Crippen LogP contribution < -0.4 is 0 Å². The van der Waals surface area contributed by atoms with Crippen LogP contribution in [0.3, 0.4) is 0 Å². The summed E-state index contributed by atoms with van der Waals surface area (Å²) < 4.78 is 4.67. The molecule has 70 valence electrons. The topological polar surface area (TPSA) is 46.5 Å². The van der Waals surface area contributed by atoms with Crippen LogP contribution in [0, 0.1) is 5.41 Å². The summed E-state index contributed by atoms with van der Waals surface area (Å²) in [7, 11) is 0. The predicted octanol–water partition coefficient (Wildman–Crippen LogP) is 1.12. The molecule has 0 rings (SSSR count). The lowest BCUT2D eigenvalue weighted by molar-refractivity contribution is -0.142. The lowest BCUT2D eigenvalue weighted by atomic mass is 9.90. The first-order valence-electron chi connectivity index (χ1n) is 3.85. The van der Waals surface area contributed by atoms with Crippen molar-refractivity contribution in [3.63, 3.8) is 0 Å². The molecule has 3 nitrogen and oxygen atoms in total. The van der Waals surface area contributed by atoms with Crippen LogP contribution in [0.15, 0.2) is 12.7 Å². The third-order valence-corrected chi connectivity index (χ3v) is 1.55. The van der Waals surface area contributed by atoms with E-state index >= 15 is 0 Å². The maximum absolute atomic E-state index is 10.6. The maximum atomic E-state index is 10.6. The molecule has 1 atom stereocenters. The van der Waals surface area contributed by atoms with Gasteiger partial charge in [-0.05, 0) is 5.41 Å². The molecule has 1 N–H and O–H groups in total. The van der Waals surface area contributed by atoms with Gasteiger partial charge in [-0.3, -0.25) is 0 Å². The molecular formula is C9H16O3. The number of hydrogen-bond donors (Lipinski definition) is 1. The SMILES string of the molecule is C=CC(=O)OCC(O)C(C)(C)C. The van der Waals surface area contributed by atoms with E-state index in [0.29, 0.717) is 0 Å². The molecule has 0 bridgehead atoms. The van der Waals surface area contributed by atoms with Gasteiger partial charge in [0.05, 0.1) is 6.10 Å². The second-order valence-electron chi connectivity index (χ2n) is 3.72. The number of carbonyl (C=O) groups excluding carboxylic acids is 1. The Hall–Kier alpha value is -0.830. The van der Waals surface area contributed by atoms with Gasteiger partial charge in [0.1, 0.15) is 6.61 Å². The Labute approximate surface area is 73.0 Å². The minimum absolute atomic E-state index is 0.0222. The van der Waals surface area contributed by atoms with E-state index < -0.39 is 12.1 Å². The van der Waals surface area contributed by atoms with Crippen molar-refractivity contribution in [2.24, 2.45) is 5.41 Å². The summed E-state index contributed by atoms with van der Waals surface area (Å²) >= 11 is 0. The largest absolute Gasteiger partial charge is 0.460 e. The van der Waals surface area contributed by atoms with Crippen molar-refractivity contribution in [1.29, 1.82) is 0 Å². The Morgan fingerprint density at radius 3 is 2.50 bits per heavy atom. The van der Waals surface area contributed by atoms with Gasteiger partial charge in [-0.1, -0.05) is 27.4 Å². The minimum atomic E-state index is -0.638. The summed E-state index contributed by atoms with van der Waals surface area (Å²) in [4.78, 5) is 10.6. The predicted molar refractivity (Wildman–Crippen MR) is 46.6 cm³/mol. The number of hydrogen-bond acceptors (Lipinski definition) is 3. The van der Waals surface area contributed by atoms with Crippen molar-refractivity contribution in [1.82, 2.24) is 0 Å². The van der Waals surface area contributed by atoms with E-state index in [-0.39, 0.29) is 12.0 Å². The summed E-state index contributed by atoms with van der Waals surface area (Å²) in [6.45, 7) is 8.89. The molecule has 0 aliphatic heterocycles. The van der Waals surface area contributed by atoms with E-state index in [1.807, 2.05) is 20.8 Å². The van der Waals surface area contributed by atoms with Crippen molar-refractivity contribution in [2.45, 2.75) is 26.9 Å². The Morgan fingerprint density at radius 2 is 2.17 bits per heavy atom. The lowest BCUT2D eigenvalue weighted by Gasteiger charge is -2.24. The summed E-state index contributed by atoms with van der Waals surface area (Å²) in [6.07, 6.45) is 0.441. The molecular weight excluding hydrogens is 156 g/mol. The second kappa shape index (κ2) is 4.26. The minimum Gasteiger partial charge on any atom is -0.460 e. The molecule has 0 aliphatic carbocycles. The monoisotopic (exact) mass is 172 g/mol. The van der Waals surface area contributed by atoms with E-state index in [1.54, 1.807) is 0 Å². The van der Waals surface area contributed by atoms with Crippen LogP contribution in [0.2, 0.25) is 0 Å². The molecule has 0 aromatic rings. The molecule has 1 unspecified atom stereocenters. The number of carbonyl (C=O) groups is 1. The zero-order valence-electron chi connectivity index (χ0n) is 7.83. The molecule has 0 amide bonds. The zero-order valence-corrected chi connectivity index (χ0v) is 7.83. The van der Waals surface area contributed by atoms with Crippen molar-refractivity contribution in [2.75, 3.05) is 6.61 Å². The van der Waals surface area contributed by atoms with Gasteiger partial charge in [0, 0.05) is 6.08 Å². The van der Waals surface area contributed by atoms with Gasteiger partial charge in [-0.15, -0.1) is 0 Å². The number of aliphatic hydroxyl groups excluding tert-OH is 1. The van der Waals surface area contributed by atoms with E-state index in [2.05, 4.69) is 11.3 Å². The van der Waals surface area contributed by atoms with Gasteiger partial charge in [0.25, 0.3) is 0 Å². The third kappa shape index (κ3) is 4.13. The van der Waals surface area contributed by atoms with Crippen molar-refractivity contribution in [3.8, 4) is 0 Å². The summed E-state index contributed by atoms with van der Waals surface area (Å²) in [5, 5.41) is 9.42. The lowest BCUT2D eigenvalue weighted by Crippen LogP contribution is -2.31. The first-order valence-corrected chi connectivity index (χ1v) is 3.85. The first kappa shape index (κ1) is 11.2. The molecule has 0 radical (unpaired) electrons. The van der Waals surface area contributed by atoms with Crippen LogP contribution in [0.5, 0.6) is 0 Å². The molecule has 0 saturated heterocycles. The maximum Gasteiger partial charge on any atom is 0.330 e. The van der Waals surface area contributed by atoms with Crippen LogP contribution >= 0.6 is 0 Å². The number of esters is 1. The zero-order chi connectivity index (χ0) is 9.78. The van der Waals surface area contributed by atoms with Crippen molar-refractivity contribution in [3.05, 3.63) is 12.7 Å². The fourth-order valence-corrected chi connectivity index (χ4v) is 0.470. The van der Waals surface area contributed by atoms with Gasteiger partial charge in [-0.25, -0.2) is 4.79 Å². The van der Waals surface area contributed by atoms with E-state index in [4.69, 9.17) is 0 Å². The fourth-order valence-electron chi connectivity index (χ4n) is 0.470. The molecule has 0 aliphatic rings. The van der Waals surface area contributed by atoms with Crippen molar-refractivity contribution >= 4 is 5.97 Å². The molecule has 0 fully saturated rings. The van der Waals surface area contributed by atoms with Crippen molar-refractivity contribution < 1.29 is 14.6 Å². The Bertz CT molecular complexity index is 167. The average molecular weight is 172 g/mol. The molecule has 0 aromatic heterocycles. The van der Waals surface area contributed by atoms with Crippen LogP contribution in [0.4, 0.5) is 0 Å². The van der Waals surface area contributed by atoms with E-state index in [1.165, 1.54) is 0 Å². The summed E-state index contributed by atoms with van der Waals surface area (Å²) in [6, 6.07) is 0. The van der Waals surface area contributed by atoms with Gasteiger partial charge < -0.3 is 9.84 Å². The molecule has 0 saturated carbocycles. The smallest absolute Gasteiger partial charge is 0.330 e. The highest BCUT2D eigenvalue weighted by Crippen LogP contribution is 2.18. The van der Waals surface area contributed by atoms with Gasteiger partial charge >= 0.3 is 5.97 Å². The normalized spacial score (nSPS) is 13.7. The van der Waals surface area contributed by atoms with Gasteiger partial charge in [0.2, 0.25) is 0 Å². The van der Waals surface area contributed by atoms with Crippen LogP contribution in [0.1, 0.15) is 20.8 Å². The van der Waals surface area contributed by atoms with Crippen LogP contribution in [-0.2, 0) is 9.53 Å². The standard InChI is InChI=1S/C9H16O3/c1-5-8(11)12-6-7(10)9(2,3)4/h5,7,10H,1,6H2,2-4H3. The third-order valence-electron chi connectivity index (χ3n) is 1.55. The van der Waals surface area contributed by atoms with Crippen LogP contribution in [0.25, 0.3) is 0 Å².